The highest BCUT2D eigenvalue weighted by Gasteiger charge is 2.30. The molecule has 0 unspecified atom stereocenters. The van der Waals surface area contributed by atoms with Crippen molar-refractivity contribution in [3.63, 3.8) is 0 Å². The number of halogens is 3. The zero-order valence-corrected chi connectivity index (χ0v) is 10.1. The third-order valence-corrected chi connectivity index (χ3v) is 3.33. The van der Waals surface area contributed by atoms with Gasteiger partial charge in [0.05, 0.1) is 5.56 Å². The molecule has 3 nitrogen and oxygen atoms in total. The Morgan fingerprint density at radius 2 is 1.74 bits per heavy atom. The van der Waals surface area contributed by atoms with E-state index in [4.69, 9.17) is 0 Å². The quantitative estimate of drug-likeness (QED) is 0.793. The first-order chi connectivity index (χ1) is 9.05. The van der Waals surface area contributed by atoms with Gasteiger partial charge in [-0.05, 0) is 25.0 Å². The van der Waals surface area contributed by atoms with Crippen LogP contribution in [-0.2, 0) is 19.1 Å². The molecule has 2 aromatic rings. The van der Waals surface area contributed by atoms with E-state index in [0.717, 1.165) is 43.8 Å². The Hall–Kier alpha value is -1.85. The minimum atomic E-state index is -4.30. The van der Waals surface area contributed by atoms with E-state index in [1.807, 2.05) is 4.57 Å². The molecule has 1 aromatic carbocycles. The fraction of sp³-hybridized carbons (Fsp3) is 0.385. The second-order valence-electron chi connectivity index (χ2n) is 4.62. The molecule has 0 saturated carbocycles. The summed E-state index contributed by atoms with van der Waals surface area (Å²) in [6, 6.07) is 5.07. The predicted octanol–water partition coefficient (Wildman–Crippen LogP) is 3.30. The lowest BCUT2D eigenvalue weighted by atomic mass is 10.1. The molecular formula is C13H12F3N3. The molecule has 0 bridgehead atoms. The molecule has 0 amide bonds. The number of rotatable bonds is 1. The number of benzene rings is 1. The molecule has 0 saturated heterocycles. The van der Waals surface area contributed by atoms with Crippen molar-refractivity contribution < 1.29 is 13.2 Å². The van der Waals surface area contributed by atoms with Gasteiger partial charge in [-0.25, -0.2) is 0 Å². The highest BCUT2D eigenvalue weighted by Crippen LogP contribution is 2.31. The maximum Gasteiger partial charge on any atom is 0.416 e. The summed E-state index contributed by atoms with van der Waals surface area (Å²) in [5, 5.41) is 8.19. The van der Waals surface area contributed by atoms with Gasteiger partial charge >= 0.3 is 6.18 Å². The van der Waals surface area contributed by atoms with E-state index in [9.17, 15) is 13.2 Å². The van der Waals surface area contributed by atoms with Crippen LogP contribution in [0.3, 0.4) is 0 Å². The number of hydrogen-bond donors (Lipinski definition) is 0. The van der Waals surface area contributed by atoms with Crippen molar-refractivity contribution in [2.24, 2.45) is 0 Å². The van der Waals surface area contributed by atoms with Crippen molar-refractivity contribution in [2.75, 3.05) is 0 Å². The first-order valence-electron chi connectivity index (χ1n) is 6.15. The Morgan fingerprint density at radius 3 is 2.42 bits per heavy atom. The van der Waals surface area contributed by atoms with Crippen molar-refractivity contribution in [1.29, 1.82) is 0 Å². The standard InChI is InChI=1S/C13H12F3N3/c14-13(15,16)10-6-4-9(5-7-10)12-18-17-11-3-1-2-8-19(11)12/h4-7H,1-3,8H2. The second-order valence-corrected chi connectivity index (χ2v) is 4.62. The number of aromatic nitrogens is 3. The molecule has 0 aliphatic carbocycles. The van der Waals surface area contributed by atoms with Gasteiger partial charge in [-0.3, -0.25) is 0 Å². The molecule has 2 heterocycles. The topological polar surface area (TPSA) is 30.7 Å². The number of hydrogen-bond acceptors (Lipinski definition) is 2. The van der Waals surface area contributed by atoms with Gasteiger partial charge in [0.1, 0.15) is 5.82 Å². The third kappa shape index (κ3) is 2.22. The highest BCUT2D eigenvalue weighted by atomic mass is 19.4. The van der Waals surface area contributed by atoms with Crippen LogP contribution < -0.4 is 0 Å². The highest BCUT2D eigenvalue weighted by molar-refractivity contribution is 5.56. The smallest absolute Gasteiger partial charge is 0.311 e. The summed E-state index contributed by atoms with van der Waals surface area (Å²) in [7, 11) is 0. The third-order valence-electron chi connectivity index (χ3n) is 3.33. The van der Waals surface area contributed by atoms with Crippen LogP contribution >= 0.6 is 0 Å². The SMILES string of the molecule is FC(F)(F)c1ccc(-c2nnc3n2CCCC3)cc1. The van der Waals surface area contributed by atoms with E-state index in [0.29, 0.717) is 11.4 Å². The number of aryl methyl sites for hydroxylation is 1. The first-order valence-corrected chi connectivity index (χ1v) is 6.15. The Morgan fingerprint density at radius 1 is 1.00 bits per heavy atom. The van der Waals surface area contributed by atoms with E-state index >= 15 is 0 Å². The number of alkyl halides is 3. The molecule has 1 aromatic heterocycles. The van der Waals surface area contributed by atoms with Crippen LogP contribution in [0.4, 0.5) is 13.2 Å². The Labute approximate surface area is 108 Å². The lowest BCUT2D eigenvalue weighted by molar-refractivity contribution is -0.137. The zero-order valence-electron chi connectivity index (χ0n) is 10.1. The monoisotopic (exact) mass is 267 g/mol. The van der Waals surface area contributed by atoms with E-state index in [1.165, 1.54) is 12.1 Å². The van der Waals surface area contributed by atoms with Crippen LogP contribution in [0.25, 0.3) is 11.4 Å². The minimum Gasteiger partial charge on any atom is -0.311 e. The minimum absolute atomic E-state index is 0.644. The molecule has 6 heteroatoms. The van der Waals surface area contributed by atoms with Crippen LogP contribution in [0.1, 0.15) is 24.2 Å². The maximum atomic E-state index is 12.5. The fourth-order valence-corrected chi connectivity index (χ4v) is 2.33. The van der Waals surface area contributed by atoms with Gasteiger partial charge in [-0.2, -0.15) is 13.2 Å². The Bertz CT molecular complexity index is 584. The maximum absolute atomic E-state index is 12.5. The Balaban J connectivity index is 1.97. The van der Waals surface area contributed by atoms with E-state index < -0.39 is 11.7 Å². The van der Waals surface area contributed by atoms with Crippen LogP contribution in [0, 0.1) is 0 Å². The predicted molar refractivity (Wildman–Crippen MR) is 63.4 cm³/mol. The van der Waals surface area contributed by atoms with Gasteiger partial charge < -0.3 is 4.57 Å². The largest absolute Gasteiger partial charge is 0.416 e. The normalized spacial score (nSPS) is 15.3. The second kappa shape index (κ2) is 4.36. The van der Waals surface area contributed by atoms with Gasteiger partial charge in [0.2, 0.25) is 0 Å². The summed E-state index contributed by atoms with van der Waals surface area (Å²) in [4.78, 5) is 0. The van der Waals surface area contributed by atoms with Crippen LogP contribution in [0.15, 0.2) is 24.3 Å². The average molecular weight is 267 g/mol. The van der Waals surface area contributed by atoms with Gasteiger partial charge in [0.25, 0.3) is 0 Å². The van der Waals surface area contributed by atoms with Crippen molar-refractivity contribution >= 4 is 0 Å². The summed E-state index contributed by atoms with van der Waals surface area (Å²) >= 11 is 0. The molecule has 19 heavy (non-hydrogen) atoms. The molecule has 0 spiro atoms. The van der Waals surface area contributed by atoms with Crippen LogP contribution in [-0.4, -0.2) is 14.8 Å². The van der Waals surface area contributed by atoms with Crippen molar-refractivity contribution in [3.05, 3.63) is 35.7 Å². The van der Waals surface area contributed by atoms with Crippen LogP contribution in [0.2, 0.25) is 0 Å². The van der Waals surface area contributed by atoms with Gasteiger partial charge in [-0.15, -0.1) is 10.2 Å². The molecule has 0 N–H and O–H groups in total. The zero-order chi connectivity index (χ0) is 13.5. The summed E-state index contributed by atoms with van der Waals surface area (Å²) in [6.45, 7) is 0.832. The van der Waals surface area contributed by atoms with E-state index in [1.54, 1.807) is 0 Å². The molecule has 1 aliphatic rings. The van der Waals surface area contributed by atoms with Crippen molar-refractivity contribution in [2.45, 2.75) is 32.0 Å². The van der Waals surface area contributed by atoms with Gasteiger partial charge in [-0.1, -0.05) is 12.1 Å². The average Bonchev–Trinajstić information content (AvgIpc) is 2.82. The molecule has 1 aliphatic heterocycles. The number of fused-ring (bicyclic) bond motifs is 1. The first kappa shape index (κ1) is 12.2. The fourth-order valence-electron chi connectivity index (χ4n) is 2.33. The lowest BCUT2D eigenvalue weighted by Crippen LogP contribution is -2.11. The van der Waals surface area contributed by atoms with Gasteiger partial charge in [0.15, 0.2) is 5.82 Å². The molecule has 0 radical (unpaired) electrons. The van der Waals surface area contributed by atoms with E-state index in [2.05, 4.69) is 10.2 Å². The lowest BCUT2D eigenvalue weighted by Gasteiger charge is -2.15. The molecular weight excluding hydrogens is 255 g/mol. The molecule has 100 valence electrons. The Kier molecular flexibility index (Phi) is 2.80. The van der Waals surface area contributed by atoms with Crippen molar-refractivity contribution in [3.8, 4) is 11.4 Å². The van der Waals surface area contributed by atoms with Gasteiger partial charge in [0, 0.05) is 18.5 Å². The number of nitrogens with zero attached hydrogens (tertiary/aromatic N) is 3. The van der Waals surface area contributed by atoms with Crippen LogP contribution in [0.5, 0.6) is 0 Å². The summed E-state index contributed by atoms with van der Waals surface area (Å²) in [5.74, 6) is 1.57. The molecule has 0 fully saturated rings. The molecule has 0 atom stereocenters. The molecule has 3 rings (SSSR count). The summed E-state index contributed by atoms with van der Waals surface area (Å²) in [5.41, 5.74) is 0.0308. The van der Waals surface area contributed by atoms with Crippen molar-refractivity contribution in [1.82, 2.24) is 14.8 Å². The van der Waals surface area contributed by atoms with E-state index in [-0.39, 0.29) is 0 Å². The summed E-state index contributed by atoms with van der Waals surface area (Å²) < 4.78 is 39.5. The summed E-state index contributed by atoms with van der Waals surface area (Å²) in [6.07, 6.45) is -1.28.